The maximum atomic E-state index is 11.8. The van der Waals surface area contributed by atoms with Crippen LogP contribution in [0.1, 0.15) is 20.8 Å². The van der Waals surface area contributed by atoms with Crippen LogP contribution in [0.5, 0.6) is 0 Å². The Bertz CT molecular complexity index is 993. The molecule has 0 atom stereocenters. The highest BCUT2D eigenvalue weighted by Gasteiger charge is 2.21. The van der Waals surface area contributed by atoms with Crippen molar-refractivity contribution in [3.8, 4) is 0 Å². The number of hydrogen-bond acceptors (Lipinski definition) is 5. The van der Waals surface area contributed by atoms with Crippen molar-refractivity contribution in [2.24, 2.45) is 4.99 Å². The van der Waals surface area contributed by atoms with Crippen LogP contribution in [-0.4, -0.2) is 61.4 Å². The van der Waals surface area contributed by atoms with E-state index in [9.17, 15) is 4.79 Å². The first kappa shape index (κ1) is 21.3. The van der Waals surface area contributed by atoms with Gasteiger partial charge in [-0.2, -0.15) is 0 Å². The highest BCUT2D eigenvalue weighted by atomic mass is 32.1. The predicted molar refractivity (Wildman–Crippen MR) is 126 cm³/mol. The second-order valence-corrected chi connectivity index (χ2v) is 8.53. The lowest BCUT2D eigenvalue weighted by Crippen LogP contribution is -2.49. The first-order valence-electron chi connectivity index (χ1n) is 10.5. The first-order valence-corrected chi connectivity index (χ1v) is 11.4. The Labute approximate surface area is 187 Å². The monoisotopic (exact) mass is 433 g/mol. The summed E-state index contributed by atoms with van der Waals surface area (Å²) in [6, 6.07) is 21.9. The molecule has 1 aliphatic heterocycles. The third-order valence-corrected chi connectivity index (χ3v) is 6.42. The maximum absolute atomic E-state index is 11.8. The molecule has 0 spiro atoms. The van der Waals surface area contributed by atoms with E-state index in [0.29, 0.717) is 5.56 Å². The fourth-order valence-corrected chi connectivity index (χ4v) is 4.42. The van der Waals surface area contributed by atoms with Crippen LogP contribution in [0.4, 0.5) is 5.69 Å². The lowest BCUT2D eigenvalue weighted by atomic mass is 10.1. The number of para-hydroxylation sites is 1. The number of aliphatic imine (C=N–C) groups is 1. The van der Waals surface area contributed by atoms with Crippen molar-refractivity contribution in [1.82, 2.24) is 9.80 Å². The molecular weight excluding hydrogens is 406 g/mol. The van der Waals surface area contributed by atoms with Gasteiger partial charge in [0.05, 0.1) is 18.4 Å². The second kappa shape index (κ2) is 10.4. The van der Waals surface area contributed by atoms with Crippen molar-refractivity contribution in [1.29, 1.82) is 0 Å². The van der Waals surface area contributed by atoms with Gasteiger partial charge < -0.3 is 9.64 Å². The van der Waals surface area contributed by atoms with Crippen LogP contribution in [0, 0.1) is 0 Å². The van der Waals surface area contributed by atoms with Crippen LogP contribution in [-0.2, 0) is 11.2 Å². The van der Waals surface area contributed by atoms with Crippen LogP contribution in [0.3, 0.4) is 0 Å². The van der Waals surface area contributed by atoms with Crippen molar-refractivity contribution < 1.29 is 9.53 Å². The SMILES string of the molecule is COC(=O)c1ccc(C(=Nc2ccccc2)N2CCN(CCc3cccs3)CC2)cc1. The number of amidine groups is 1. The van der Waals surface area contributed by atoms with Gasteiger partial charge in [-0.05, 0) is 42.1 Å². The van der Waals surface area contributed by atoms with E-state index in [2.05, 4.69) is 27.3 Å². The molecule has 0 unspecified atom stereocenters. The van der Waals surface area contributed by atoms with Crippen LogP contribution in [0.15, 0.2) is 77.1 Å². The summed E-state index contributed by atoms with van der Waals surface area (Å²) >= 11 is 1.83. The van der Waals surface area contributed by atoms with E-state index in [0.717, 1.165) is 56.2 Å². The average molecular weight is 434 g/mol. The van der Waals surface area contributed by atoms with Gasteiger partial charge in [-0.15, -0.1) is 11.3 Å². The Balaban J connectivity index is 1.49. The summed E-state index contributed by atoms with van der Waals surface area (Å²) in [5, 5.41) is 2.14. The standard InChI is InChI=1S/C25H27N3O2S/c1-30-25(29)21-11-9-20(10-12-21)24(26-22-6-3-2-4-7-22)28-17-15-27(16-18-28)14-13-23-8-5-19-31-23/h2-12,19H,13-18H2,1H3. The molecule has 1 saturated heterocycles. The Hall–Kier alpha value is -2.96. The van der Waals surface area contributed by atoms with Gasteiger partial charge in [-0.25, -0.2) is 9.79 Å². The van der Waals surface area contributed by atoms with Gasteiger partial charge >= 0.3 is 5.97 Å². The number of carbonyl (C=O) groups is 1. The summed E-state index contributed by atoms with van der Waals surface area (Å²) in [5.74, 6) is 0.618. The third kappa shape index (κ3) is 5.60. The van der Waals surface area contributed by atoms with E-state index in [1.165, 1.54) is 12.0 Å². The number of rotatable bonds is 6. The molecule has 31 heavy (non-hydrogen) atoms. The number of esters is 1. The van der Waals surface area contributed by atoms with Crippen LogP contribution in [0.2, 0.25) is 0 Å². The highest BCUT2D eigenvalue weighted by molar-refractivity contribution is 7.09. The lowest BCUT2D eigenvalue weighted by Gasteiger charge is -2.36. The van der Waals surface area contributed by atoms with E-state index in [4.69, 9.17) is 9.73 Å². The molecule has 0 amide bonds. The molecule has 2 heterocycles. The van der Waals surface area contributed by atoms with Gasteiger partial charge in [0.2, 0.25) is 0 Å². The van der Waals surface area contributed by atoms with Gasteiger partial charge in [-0.1, -0.05) is 36.4 Å². The summed E-state index contributed by atoms with van der Waals surface area (Å²) in [6.07, 6.45) is 1.11. The van der Waals surface area contributed by atoms with Gasteiger partial charge in [0.1, 0.15) is 5.84 Å². The number of ether oxygens (including phenoxy) is 1. The van der Waals surface area contributed by atoms with Crippen molar-refractivity contribution in [3.63, 3.8) is 0 Å². The van der Waals surface area contributed by atoms with Crippen molar-refractivity contribution in [3.05, 3.63) is 88.1 Å². The molecule has 0 saturated carbocycles. The predicted octanol–water partition coefficient (Wildman–Crippen LogP) is 4.47. The van der Waals surface area contributed by atoms with E-state index >= 15 is 0 Å². The number of hydrogen-bond donors (Lipinski definition) is 0. The van der Waals surface area contributed by atoms with E-state index < -0.39 is 0 Å². The van der Waals surface area contributed by atoms with Crippen LogP contribution < -0.4 is 0 Å². The minimum atomic E-state index is -0.326. The molecule has 3 aromatic rings. The fourth-order valence-electron chi connectivity index (χ4n) is 3.72. The van der Waals surface area contributed by atoms with E-state index in [1.807, 2.05) is 53.8 Å². The fraction of sp³-hybridized carbons (Fsp3) is 0.280. The van der Waals surface area contributed by atoms with E-state index in [-0.39, 0.29) is 5.97 Å². The summed E-state index contributed by atoms with van der Waals surface area (Å²) in [7, 11) is 1.40. The number of methoxy groups -OCH3 is 1. The Kier molecular flexibility index (Phi) is 7.12. The normalized spacial score (nSPS) is 15.1. The molecule has 0 bridgehead atoms. The molecule has 0 N–H and O–H groups in total. The quantitative estimate of drug-likeness (QED) is 0.327. The Morgan fingerprint density at radius 1 is 0.935 bits per heavy atom. The topological polar surface area (TPSA) is 45.1 Å². The van der Waals surface area contributed by atoms with Gasteiger partial charge in [0, 0.05) is 43.2 Å². The number of benzene rings is 2. The van der Waals surface area contributed by atoms with Crippen LogP contribution >= 0.6 is 11.3 Å². The maximum Gasteiger partial charge on any atom is 0.337 e. The second-order valence-electron chi connectivity index (χ2n) is 7.50. The van der Waals surface area contributed by atoms with Crippen molar-refractivity contribution in [2.45, 2.75) is 6.42 Å². The minimum Gasteiger partial charge on any atom is -0.465 e. The molecule has 4 rings (SSSR count). The number of nitrogens with zero attached hydrogens (tertiary/aromatic N) is 3. The smallest absolute Gasteiger partial charge is 0.337 e. The summed E-state index contributed by atoms with van der Waals surface area (Å²) in [4.78, 5) is 23.1. The molecule has 5 nitrogen and oxygen atoms in total. The number of thiophene rings is 1. The summed E-state index contributed by atoms with van der Waals surface area (Å²) in [5.41, 5.74) is 2.47. The number of carbonyl (C=O) groups excluding carboxylic acids is 1. The molecule has 0 radical (unpaired) electrons. The summed E-state index contributed by atoms with van der Waals surface area (Å²) in [6.45, 7) is 4.97. The van der Waals surface area contributed by atoms with Crippen molar-refractivity contribution in [2.75, 3.05) is 39.8 Å². The minimum absolute atomic E-state index is 0.326. The van der Waals surface area contributed by atoms with Gasteiger partial charge in [0.25, 0.3) is 0 Å². The van der Waals surface area contributed by atoms with Crippen molar-refractivity contribution >= 4 is 28.8 Å². The highest BCUT2D eigenvalue weighted by Crippen LogP contribution is 2.18. The first-order chi connectivity index (χ1) is 15.2. The van der Waals surface area contributed by atoms with Gasteiger partial charge in [-0.3, -0.25) is 4.90 Å². The molecule has 6 heteroatoms. The molecule has 1 fully saturated rings. The zero-order valence-corrected chi connectivity index (χ0v) is 18.6. The zero-order chi connectivity index (χ0) is 21.5. The zero-order valence-electron chi connectivity index (χ0n) is 17.7. The van der Waals surface area contributed by atoms with E-state index in [1.54, 1.807) is 12.1 Å². The molecule has 0 aliphatic carbocycles. The summed E-state index contributed by atoms with van der Waals surface area (Å²) < 4.78 is 4.83. The molecule has 160 valence electrons. The van der Waals surface area contributed by atoms with Gasteiger partial charge in [0.15, 0.2) is 0 Å². The molecular formula is C25H27N3O2S. The largest absolute Gasteiger partial charge is 0.465 e. The molecule has 1 aromatic heterocycles. The Morgan fingerprint density at radius 3 is 2.29 bits per heavy atom. The average Bonchev–Trinajstić information content (AvgIpc) is 3.36. The Morgan fingerprint density at radius 2 is 1.65 bits per heavy atom. The molecule has 1 aliphatic rings. The molecule has 2 aromatic carbocycles. The number of piperazine rings is 1. The lowest BCUT2D eigenvalue weighted by molar-refractivity contribution is 0.0600. The third-order valence-electron chi connectivity index (χ3n) is 5.48. The van der Waals surface area contributed by atoms with Crippen LogP contribution in [0.25, 0.3) is 0 Å².